The fourth-order valence-corrected chi connectivity index (χ4v) is 2.09. The van der Waals surface area contributed by atoms with E-state index in [1.807, 2.05) is 0 Å². The van der Waals surface area contributed by atoms with Crippen molar-refractivity contribution in [3.63, 3.8) is 0 Å². The Morgan fingerprint density at radius 2 is 1.76 bits per heavy atom. The number of aromatic amines is 1. The molecule has 0 aliphatic carbocycles. The molecule has 0 spiro atoms. The van der Waals surface area contributed by atoms with Gasteiger partial charge in [0.25, 0.3) is 0 Å². The monoisotopic (exact) mass is 353 g/mol. The van der Waals surface area contributed by atoms with Gasteiger partial charge in [-0.25, -0.2) is 27.5 Å². The average Bonchev–Trinajstić information content (AvgIpc) is 2.97. The number of nitrogens with zero attached hydrogens (tertiary/aromatic N) is 3. The minimum atomic E-state index is -1.82. The molecule has 6 nitrogen and oxygen atoms in total. The van der Waals surface area contributed by atoms with Gasteiger partial charge >= 0.3 is 0 Å². The average molecular weight is 353 g/mol. The van der Waals surface area contributed by atoms with Gasteiger partial charge in [-0.3, -0.25) is 5.10 Å². The Morgan fingerprint density at radius 3 is 2.44 bits per heavy atom. The topological polar surface area (TPSA) is 86.7 Å². The van der Waals surface area contributed by atoms with Gasteiger partial charge in [-0.2, -0.15) is 5.10 Å². The van der Waals surface area contributed by atoms with Gasteiger partial charge in [-0.05, 0) is 13.0 Å². The zero-order valence-corrected chi connectivity index (χ0v) is 12.7. The van der Waals surface area contributed by atoms with E-state index in [0.717, 1.165) is 6.20 Å². The van der Waals surface area contributed by atoms with Crippen LogP contribution in [0.4, 0.5) is 29.2 Å². The number of aliphatic hydroxyl groups is 1. The summed E-state index contributed by atoms with van der Waals surface area (Å²) in [6.45, 7) is 1.73. The summed E-state index contributed by atoms with van der Waals surface area (Å²) in [6.07, 6.45) is -1.07. The maximum atomic E-state index is 13.8. The Hall–Kier alpha value is -3.01. The molecule has 3 aromatic rings. The van der Waals surface area contributed by atoms with Crippen molar-refractivity contribution in [1.82, 2.24) is 20.2 Å². The normalized spacial score (nSPS) is 12.2. The lowest BCUT2D eigenvalue weighted by atomic mass is 10.1. The first-order valence-corrected chi connectivity index (χ1v) is 6.99. The number of aromatic nitrogens is 4. The number of benzene rings is 1. The molecule has 2 heterocycles. The van der Waals surface area contributed by atoms with E-state index in [2.05, 4.69) is 25.5 Å². The Balaban J connectivity index is 1.95. The molecular formula is C15H11F4N5O. The van der Waals surface area contributed by atoms with Crippen molar-refractivity contribution in [2.24, 2.45) is 0 Å². The first-order valence-electron chi connectivity index (χ1n) is 6.99. The number of aryl methyl sites for hydroxylation is 1. The summed E-state index contributed by atoms with van der Waals surface area (Å²) < 4.78 is 53.9. The molecule has 0 saturated heterocycles. The molecule has 0 aliphatic rings. The van der Waals surface area contributed by atoms with Crippen molar-refractivity contribution >= 4 is 11.6 Å². The summed E-state index contributed by atoms with van der Waals surface area (Å²) in [6, 6.07) is 2.36. The van der Waals surface area contributed by atoms with Crippen LogP contribution in [0.5, 0.6) is 0 Å². The first-order chi connectivity index (χ1) is 11.8. The largest absolute Gasteiger partial charge is 0.380 e. The van der Waals surface area contributed by atoms with Crippen LogP contribution in [-0.4, -0.2) is 25.3 Å². The van der Waals surface area contributed by atoms with Crippen LogP contribution in [0.25, 0.3) is 0 Å². The number of aliphatic hydroxyl groups excluding tert-OH is 1. The SMILES string of the molecule is Cc1cc(Nc2nc(C(O)c3cc(F)c(F)cc3F)ncc2F)n[nH]1. The predicted octanol–water partition coefficient (Wildman–Crippen LogP) is 2.89. The molecule has 0 bridgehead atoms. The maximum absolute atomic E-state index is 13.8. The highest BCUT2D eigenvalue weighted by Crippen LogP contribution is 2.26. The lowest BCUT2D eigenvalue weighted by Crippen LogP contribution is -2.11. The molecule has 25 heavy (non-hydrogen) atoms. The number of anilines is 2. The minimum Gasteiger partial charge on any atom is -0.380 e. The van der Waals surface area contributed by atoms with Crippen molar-refractivity contribution in [2.75, 3.05) is 5.32 Å². The van der Waals surface area contributed by atoms with Crippen LogP contribution in [0.2, 0.25) is 0 Å². The molecule has 2 aromatic heterocycles. The van der Waals surface area contributed by atoms with Crippen molar-refractivity contribution in [3.05, 3.63) is 64.7 Å². The van der Waals surface area contributed by atoms with E-state index in [0.29, 0.717) is 17.8 Å². The predicted molar refractivity (Wildman–Crippen MR) is 79.0 cm³/mol. The van der Waals surface area contributed by atoms with Gasteiger partial charge in [0.05, 0.1) is 6.20 Å². The second kappa shape index (κ2) is 6.48. The molecule has 0 aliphatic heterocycles. The molecule has 1 aromatic carbocycles. The van der Waals surface area contributed by atoms with E-state index in [1.165, 1.54) is 0 Å². The van der Waals surface area contributed by atoms with Crippen LogP contribution < -0.4 is 5.32 Å². The van der Waals surface area contributed by atoms with Crippen LogP contribution in [0.3, 0.4) is 0 Å². The molecule has 10 heteroatoms. The second-order valence-corrected chi connectivity index (χ2v) is 5.18. The molecule has 130 valence electrons. The molecule has 0 saturated carbocycles. The Kier molecular flexibility index (Phi) is 4.36. The quantitative estimate of drug-likeness (QED) is 0.496. The summed E-state index contributed by atoms with van der Waals surface area (Å²) in [4.78, 5) is 7.33. The molecule has 1 unspecified atom stereocenters. The van der Waals surface area contributed by atoms with Gasteiger partial charge in [-0.1, -0.05) is 0 Å². The summed E-state index contributed by atoms with van der Waals surface area (Å²) in [5.41, 5.74) is 0.133. The van der Waals surface area contributed by atoms with Gasteiger partial charge < -0.3 is 10.4 Å². The molecule has 0 fully saturated rings. The van der Waals surface area contributed by atoms with Gasteiger partial charge in [0.2, 0.25) is 0 Å². The van der Waals surface area contributed by atoms with Crippen molar-refractivity contribution in [1.29, 1.82) is 0 Å². The van der Waals surface area contributed by atoms with Crippen molar-refractivity contribution < 1.29 is 22.7 Å². The van der Waals surface area contributed by atoms with Gasteiger partial charge in [0, 0.05) is 23.4 Å². The van der Waals surface area contributed by atoms with Gasteiger partial charge in [0.15, 0.2) is 34.9 Å². The van der Waals surface area contributed by atoms with Crippen molar-refractivity contribution in [3.8, 4) is 0 Å². The Morgan fingerprint density at radius 1 is 1.04 bits per heavy atom. The Bertz CT molecular complexity index is 930. The molecule has 3 rings (SSSR count). The lowest BCUT2D eigenvalue weighted by molar-refractivity contribution is 0.203. The van der Waals surface area contributed by atoms with E-state index in [-0.39, 0.29) is 11.6 Å². The fraction of sp³-hybridized carbons (Fsp3) is 0.133. The number of nitrogens with one attached hydrogen (secondary N) is 2. The molecule has 3 N–H and O–H groups in total. The fourth-order valence-electron chi connectivity index (χ4n) is 2.09. The lowest BCUT2D eigenvalue weighted by Gasteiger charge is -2.12. The smallest absolute Gasteiger partial charge is 0.184 e. The summed E-state index contributed by atoms with van der Waals surface area (Å²) in [7, 11) is 0. The maximum Gasteiger partial charge on any atom is 0.184 e. The molecular weight excluding hydrogens is 342 g/mol. The molecule has 1 atom stereocenters. The summed E-state index contributed by atoms with van der Waals surface area (Å²) in [5.74, 6) is -5.24. The second-order valence-electron chi connectivity index (χ2n) is 5.18. The number of hydrogen-bond acceptors (Lipinski definition) is 5. The third-order valence-corrected chi connectivity index (χ3v) is 3.29. The highest BCUT2D eigenvalue weighted by atomic mass is 19.2. The van der Waals surface area contributed by atoms with E-state index in [1.54, 1.807) is 13.0 Å². The van der Waals surface area contributed by atoms with Crippen LogP contribution in [0, 0.1) is 30.2 Å². The Labute approximate surface area is 138 Å². The highest BCUT2D eigenvalue weighted by Gasteiger charge is 2.22. The van der Waals surface area contributed by atoms with Crippen molar-refractivity contribution in [2.45, 2.75) is 13.0 Å². The zero-order chi connectivity index (χ0) is 18.1. The van der Waals surface area contributed by atoms with Crippen LogP contribution in [0.15, 0.2) is 24.4 Å². The summed E-state index contributed by atoms with van der Waals surface area (Å²) >= 11 is 0. The van der Waals surface area contributed by atoms with Gasteiger partial charge in [-0.15, -0.1) is 0 Å². The molecule has 0 radical (unpaired) electrons. The third-order valence-electron chi connectivity index (χ3n) is 3.29. The van der Waals surface area contributed by atoms with Crippen LogP contribution in [0.1, 0.15) is 23.2 Å². The van der Waals surface area contributed by atoms with E-state index in [9.17, 15) is 22.7 Å². The van der Waals surface area contributed by atoms with E-state index >= 15 is 0 Å². The number of halogens is 4. The van der Waals surface area contributed by atoms with Crippen LogP contribution in [-0.2, 0) is 0 Å². The van der Waals surface area contributed by atoms with E-state index in [4.69, 9.17) is 0 Å². The molecule has 0 amide bonds. The van der Waals surface area contributed by atoms with E-state index < -0.39 is 40.8 Å². The summed E-state index contributed by atoms with van der Waals surface area (Å²) in [5, 5.41) is 19.2. The standard InChI is InChI=1S/C15H11F4N5O/c1-6-2-12(24-23-6)21-14-11(19)5-20-15(22-14)13(25)7-3-9(17)10(18)4-8(7)16/h2-5,13,25H,1H3,(H2,20,21,22,23,24). The zero-order valence-electron chi connectivity index (χ0n) is 12.7. The van der Waals surface area contributed by atoms with Crippen LogP contribution >= 0.6 is 0 Å². The number of hydrogen-bond donors (Lipinski definition) is 3. The number of rotatable bonds is 4. The number of H-pyrrole nitrogens is 1. The third kappa shape index (κ3) is 3.43. The van der Waals surface area contributed by atoms with Gasteiger partial charge in [0.1, 0.15) is 11.9 Å². The first kappa shape index (κ1) is 16.8. The highest BCUT2D eigenvalue weighted by molar-refractivity contribution is 5.52. The minimum absolute atomic E-state index is 0.259.